The standard InChI is InChI=1S/C20H25N3O4/c1-5-22-8-15(16(24)14-7-6-13(2)21-17(14)22)18(25)23-9-20(10-23)11-26-19(3,4)27-12-20/h6-8H,5,9-12H2,1-4H3. The van der Waals surface area contributed by atoms with E-state index in [1.165, 1.54) is 0 Å². The molecule has 2 aromatic rings. The molecule has 2 aromatic heterocycles. The normalized spacial score (nSPS) is 20.7. The van der Waals surface area contributed by atoms with E-state index in [0.717, 1.165) is 5.69 Å². The lowest BCUT2D eigenvalue weighted by atomic mass is 9.80. The van der Waals surface area contributed by atoms with E-state index in [2.05, 4.69) is 4.98 Å². The zero-order valence-electron chi connectivity index (χ0n) is 16.2. The van der Waals surface area contributed by atoms with Crippen molar-refractivity contribution in [3.05, 3.63) is 39.8 Å². The summed E-state index contributed by atoms with van der Waals surface area (Å²) in [4.78, 5) is 32.1. The van der Waals surface area contributed by atoms with Crippen LogP contribution in [-0.2, 0) is 16.0 Å². The van der Waals surface area contributed by atoms with E-state index < -0.39 is 5.79 Å². The Kier molecular flexibility index (Phi) is 4.12. The maximum Gasteiger partial charge on any atom is 0.259 e. The van der Waals surface area contributed by atoms with Crippen LogP contribution in [0.3, 0.4) is 0 Å². The first kappa shape index (κ1) is 18.1. The Morgan fingerprint density at radius 1 is 1.22 bits per heavy atom. The molecule has 2 aliphatic heterocycles. The van der Waals surface area contributed by atoms with Gasteiger partial charge < -0.3 is 18.9 Å². The maximum atomic E-state index is 13.0. The fourth-order valence-corrected chi connectivity index (χ4v) is 3.75. The molecule has 2 saturated heterocycles. The van der Waals surface area contributed by atoms with Crippen molar-refractivity contribution in [1.82, 2.24) is 14.5 Å². The Morgan fingerprint density at radius 2 is 1.89 bits per heavy atom. The summed E-state index contributed by atoms with van der Waals surface area (Å²) in [7, 11) is 0. The number of amides is 1. The molecular formula is C20H25N3O4. The van der Waals surface area contributed by atoms with Crippen molar-refractivity contribution in [2.45, 2.75) is 40.0 Å². The number of likely N-dealkylation sites (tertiary alicyclic amines) is 1. The first-order valence-electron chi connectivity index (χ1n) is 9.32. The molecular weight excluding hydrogens is 346 g/mol. The van der Waals surface area contributed by atoms with Gasteiger partial charge in [0.15, 0.2) is 5.79 Å². The summed E-state index contributed by atoms with van der Waals surface area (Å²) in [5.41, 5.74) is 1.24. The number of carbonyl (C=O) groups is 1. The summed E-state index contributed by atoms with van der Waals surface area (Å²) in [6.45, 7) is 10.5. The molecule has 27 heavy (non-hydrogen) atoms. The van der Waals surface area contributed by atoms with E-state index in [1.54, 1.807) is 23.2 Å². The van der Waals surface area contributed by atoms with Crippen molar-refractivity contribution in [2.24, 2.45) is 5.41 Å². The van der Waals surface area contributed by atoms with E-state index >= 15 is 0 Å². The predicted octanol–water partition coefficient (Wildman–Crippen LogP) is 1.95. The lowest BCUT2D eigenvalue weighted by Crippen LogP contribution is -2.66. The second-order valence-corrected chi connectivity index (χ2v) is 8.12. The van der Waals surface area contributed by atoms with Crippen molar-refractivity contribution >= 4 is 16.9 Å². The van der Waals surface area contributed by atoms with E-state index in [4.69, 9.17) is 9.47 Å². The van der Waals surface area contributed by atoms with Gasteiger partial charge in [-0.3, -0.25) is 9.59 Å². The molecule has 4 rings (SSSR count). The topological polar surface area (TPSA) is 73.7 Å². The van der Waals surface area contributed by atoms with Crippen LogP contribution >= 0.6 is 0 Å². The number of aromatic nitrogens is 2. The monoisotopic (exact) mass is 371 g/mol. The molecule has 0 radical (unpaired) electrons. The SMILES string of the molecule is CCn1cc(C(=O)N2CC3(COC(C)(C)OC3)C2)c(=O)c2ccc(C)nc21. The Bertz CT molecular complexity index is 961. The van der Waals surface area contributed by atoms with Gasteiger partial charge in [0, 0.05) is 31.5 Å². The Morgan fingerprint density at radius 3 is 2.52 bits per heavy atom. The number of hydrogen-bond acceptors (Lipinski definition) is 5. The number of fused-ring (bicyclic) bond motifs is 1. The predicted molar refractivity (Wildman–Crippen MR) is 101 cm³/mol. The average molecular weight is 371 g/mol. The van der Waals surface area contributed by atoms with Gasteiger partial charge in [0.1, 0.15) is 11.2 Å². The Balaban J connectivity index is 1.60. The molecule has 0 bridgehead atoms. The third-order valence-electron chi connectivity index (χ3n) is 5.42. The summed E-state index contributed by atoms with van der Waals surface area (Å²) in [6, 6.07) is 3.56. The van der Waals surface area contributed by atoms with Crippen molar-refractivity contribution in [1.29, 1.82) is 0 Å². The molecule has 2 fully saturated rings. The van der Waals surface area contributed by atoms with Crippen LogP contribution in [0.4, 0.5) is 0 Å². The van der Waals surface area contributed by atoms with Gasteiger partial charge >= 0.3 is 0 Å². The minimum Gasteiger partial charge on any atom is -0.350 e. The second kappa shape index (κ2) is 6.14. The average Bonchev–Trinajstić information content (AvgIpc) is 2.60. The largest absolute Gasteiger partial charge is 0.350 e. The molecule has 4 heterocycles. The minimum absolute atomic E-state index is 0.162. The number of aryl methyl sites for hydroxylation is 2. The number of carbonyl (C=O) groups excluding carboxylic acids is 1. The molecule has 0 atom stereocenters. The lowest BCUT2D eigenvalue weighted by molar-refractivity contribution is -0.301. The molecule has 0 unspecified atom stereocenters. The van der Waals surface area contributed by atoms with Crippen LogP contribution in [0.25, 0.3) is 11.0 Å². The molecule has 0 saturated carbocycles. The van der Waals surface area contributed by atoms with Gasteiger partial charge in [0.2, 0.25) is 5.43 Å². The van der Waals surface area contributed by atoms with Crippen LogP contribution in [0.1, 0.15) is 36.8 Å². The summed E-state index contributed by atoms with van der Waals surface area (Å²) >= 11 is 0. The minimum atomic E-state index is -0.575. The highest BCUT2D eigenvalue weighted by Gasteiger charge is 2.50. The number of pyridine rings is 2. The third kappa shape index (κ3) is 3.04. The van der Waals surface area contributed by atoms with Crippen LogP contribution in [0.2, 0.25) is 0 Å². The molecule has 144 valence electrons. The third-order valence-corrected chi connectivity index (χ3v) is 5.42. The smallest absolute Gasteiger partial charge is 0.259 e. The van der Waals surface area contributed by atoms with Crippen LogP contribution in [0.15, 0.2) is 23.1 Å². The second-order valence-electron chi connectivity index (χ2n) is 8.12. The van der Waals surface area contributed by atoms with Gasteiger partial charge in [-0.05, 0) is 39.8 Å². The molecule has 0 aromatic carbocycles. The lowest BCUT2D eigenvalue weighted by Gasteiger charge is -2.53. The number of ether oxygens (including phenoxy) is 2. The van der Waals surface area contributed by atoms with Crippen LogP contribution < -0.4 is 5.43 Å². The van der Waals surface area contributed by atoms with Gasteiger partial charge in [-0.25, -0.2) is 4.98 Å². The maximum absolute atomic E-state index is 13.0. The molecule has 0 N–H and O–H groups in total. The fraction of sp³-hybridized carbons (Fsp3) is 0.550. The number of rotatable bonds is 2. The van der Waals surface area contributed by atoms with E-state index in [1.807, 2.05) is 32.3 Å². The zero-order valence-corrected chi connectivity index (χ0v) is 16.2. The van der Waals surface area contributed by atoms with Crippen molar-refractivity contribution < 1.29 is 14.3 Å². The molecule has 7 heteroatoms. The van der Waals surface area contributed by atoms with E-state index in [9.17, 15) is 9.59 Å². The van der Waals surface area contributed by atoms with Gasteiger partial charge in [-0.2, -0.15) is 0 Å². The Hall–Kier alpha value is -2.25. The quantitative estimate of drug-likeness (QED) is 0.807. The highest BCUT2D eigenvalue weighted by atomic mass is 16.7. The fourth-order valence-electron chi connectivity index (χ4n) is 3.75. The first-order valence-corrected chi connectivity index (χ1v) is 9.32. The van der Waals surface area contributed by atoms with Gasteiger partial charge in [0.25, 0.3) is 5.91 Å². The molecule has 0 aliphatic carbocycles. The molecule has 7 nitrogen and oxygen atoms in total. The van der Waals surface area contributed by atoms with Crippen molar-refractivity contribution in [3.63, 3.8) is 0 Å². The van der Waals surface area contributed by atoms with Crippen LogP contribution in [0.5, 0.6) is 0 Å². The van der Waals surface area contributed by atoms with Crippen LogP contribution in [0, 0.1) is 12.3 Å². The number of hydrogen-bond donors (Lipinski definition) is 0. The van der Waals surface area contributed by atoms with Gasteiger partial charge in [0.05, 0.1) is 24.0 Å². The summed E-state index contributed by atoms with van der Waals surface area (Å²) in [5, 5.41) is 0.481. The van der Waals surface area contributed by atoms with Crippen molar-refractivity contribution in [3.8, 4) is 0 Å². The van der Waals surface area contributed by atoms with E-state index in [0.29, 0.717) is 43.9 Å². The zero-order chi connectivity index (χ0) is 19.4. The highest BCUT2D eigenvalue weighted by molar-refractivity contribution is 5.97. The first-order chi connectivity index (χ1) is 12.7. The molecule has 2 aliphatic rings. The Labute approximate surface area is 157 Å². The highest BCUT2D eigenvalue weighted by Crippen LogP contribution is 2.38. The van der Waals surface area contributed by atoms with Gasteiger partial charge in [-0.1, -0.05) is 0 Å². The number of nitrogens with zero attached hydrogens (tertiary/aromatic N) is 3. The summed E-state index contributed by atoms with van der Waals surface area (Å²) in [6.07, 6.45) is 1.64. The molecule has 1 spiro atoms. The summed E-state index contributed by atoms with van der Waals surface area (Å²) < 4.78 is 13.4. The van der Waals surface area contributed by atoms with Crippen molar-refractivity contribution in [2.75, 3.05) is 26.3 Å². The van der Waals surface area contributed by atoms with Gasteiger partial charge in [-0.15, -0.1) is 0 Å². The summed E-state index contributed by atoms with van der Waals surface area (Å²) in [5.74, 6) is -0.811. The van der Waals surface area contributed by atoms with Crippen LogP contribution in [-0.4, -0.2) is 52.4 Å². The molecule has 1 amide bonds. The van der Waals surface area contributed by atoms with E-state index in [-0.39, 0.29) is 22.3 Å².